The molecule has 0 bridgehead atoms. The van der Waals surface area contributed by atoms with E-state index in [1.54, 1.807) is 0 Å². The van der Waals surface area contributed by atoms with E-state index in [2.05, 4.69) is 187 Å². The summed E-state index contributed by atoms with van der Waals surface area (Å²) in [7, 11) is 0. The van der Waals surface area contributed by atoms with E-state index in [0.717, 1.165) is 78.2 Å². The number of imidazole rings is 1. The van der Waals surface area contributed by atoms with Crippen molar-refractivity contribution in [1.82, 2.24) is 24.5 Å². The molecular weight excluding hydrogens is 807 g/mol. The lowest BCUT2D eigenvalue weighted by Gasteiger charge is -2.33. The summed E-state index contributed by atoms with van der Waals surface area (Å²) in [6.07, 6.45) is 7.06. The van der Waals surface area contributed by atoms with Gasteiger partial charge in [0.05, 0.1) is 16.4 Å². The zero-order chi connectivity index (χ0) is 43.6. The number of benzene rings is 8. The molecule has 0 amide bonds. The Hall–Kier alpha value is -8.74. The Labute approximate surface area is 381 Å². The van der Waals surface area contributed by atoms with Crippen LogP contribution in [0.4, 0.5) is 0 Å². The molecule has 0 N–H and O–H groups in total. The molecule has 11 aromatic rings. The summed E-state index contributed by atoms with van der Waals surface area (Å²) in [6, 6.07) is 72.3. The summed E-state index contributed by atoms with van der Waals surface area (Å²) in [6.45, 7) is 0. The first-order valence-electron chi connectivity index (χ1n) is 22.3. The van der Waals surface area contributed by atoms with Crippen LogP contribution in [-0.4, -0.2) is 24.5 Å². The molecule has 66 heavy (non-hydrogen) atoms. The number of aromatic nitrogens is 5. The lowest BCUT2D eigenvalue weighted by molar-refractivity contribution is 0.598. The highest BCUT2D eigenvalue weighted by Gasteiger charge is 2.47. The van der Waals surface area contributed by atoms with Crippen molar-refractivity contribution >= 4 is 34.2 Å². The molecule has 8 aromatic carbocycles. The number of para-hydroxylation sites is 3. The maximum atomic E-state index is 6.62. The van der Waals surface area contributed by atoms with Crippen LogP contribution >= 0.6 is 0 Å². The number of hydrogen-bond donors (Lipinski definition) is 0. The van der Waals surface area contributed by atoms with Crippen LogP contribution in [0.1, 0.15) is 39.4 Å². The van der Waals surface area contributed by atoms with E-state index in [-0.39, 0.29) is 0 Å². The molecule has 0 aliphatic heterocycles. The molecule has 6 heteroatoms. The summed E-state index contributed by atoms with van der Waals surface area (Å²) >= 11 is 0. The van der Waals surface area contributed by atoms with E-state index < -0.39 is 5.41 Å². The second kappa shape index (κ2) is 15.2. The fourth-order valence-electron chi connectivity index (χ4n) is 10.4. The summed E-state index contributed by atoms with van der Waals surface area (Å²) < 4.78 is 8.85. The molecule has 6 nitrogen and oxygen atoms in total. The number of hydrogen-bond acceptors (Lipinski definition) is 5. The van der Waals surface area contributed by atoms with Gasteiger partial charge < -0.3 is 4.42 Å². The standard InChI is InChI=1S/C60H39N5O/c1-5-19-40(20-6-1)57-62-58(45-28-17-31-49-55(45)44-27-13-14-30-48(44)60(49,41-21-7-2-8-22-41)42-23-9-3-10-24-42)64-59(63-57)46-29-18-34-53-56(46)47-37-39(35-36-52(47)66-53)38-54-61-50-32-15-16-33-51(50)65(54)43-25-11-4-12-26-43/h1-36,38H,37H2/b39-38-. The van der Waals surface area contributed by atoms with Crippen LogP contribution in [-0.2, 0) is 11.8 Å². The molecule has 0 saturated heterocycles. The van der Waals surface area contributed by atoms with Crippen molar-refractivity contribution in [2.75, 3.05) is 0 Å². The van der Waals surface area contributed by atoms with Crippen LogP contribution in [0, 0.1) is 0 Å². The van der Waals surface area contributed by atoms with Gasteiger partial charge in [0.15, 0.2) is 17.5 Å². The Morgan fingerprint density at radius 3 is 1.85 bits per heavy atom. The van der Waals surface area contributed by atoms with Gasteiger partial charge in [-0.05, 0) is 81.4 Å². The minimum absolute atomic E-state index is 0.562. The third kappa shape index (κ3) is 5.89. The molecule has 13 rings (SSSR count). The summed E-state index contributed by atoms with van der Waals surface area (Å²) in [5.41, 5.74) is 15.4. The molecule has 0 spiro atoms. The highest BCUT2D eigenvalue weighted by atomic mass is 16.3. The Morgan fingerprint density at radius 1 is 0.485 bits per heavy atom. The first-order chi connectivity index (χ1) is 32.7. The quantitative estimate of drug-likeness (QED) is 0.160. The van der Waals surface area contributed by atoms with Gasteiger partial charge in [-0.1, -0.05) is 182 Å². The monoisotopic (exact) mass is 845 g/mol. The average molecular weight is 846 g/mol. The molecule has 0 saturated carbocycles. The first-order valence-corrected chi connectivity index (χ1v) is 22.3. The largest absolute Gasteiger partial charge is 0.456 e. The SMILES string of the molecule is C1=Cc2oc3cccc(-c4nc(-c5ccccc5)nc(-c5cccc6c5-c5ccccc5C6(c5ccccc5)c5ccccc5)n4)c3c2C/C1=C\c1nc2ccccc2n1-c1ccccc1. The van der Waals surface area contributed by atoms with E-state index in [1.165, 1.54) is 22.3 Å². The number of rotatable bonds is 7. The van der Waals surface area contributed by atoms with E-state index >= 15 is 0 Å². The number of furan rings is 1. The zero-order valence-electron chi connectivity index (χ0n) is 35.7. The van der Waals surface area contributed by atoms with E-state index in [9.17, 15) is 0 Å². The first kappa shape index (κ1) is 37.8. The van der Waals surface area contributed by atoms with Crippen LogP contribution in [0.3, 0.4) is 0 Å². The number of fused-ring (bicyclic) bond motifs is 7. The van der Waals surface area contributed by atoms with Crippen molar-refractivity contribution in [2.24, 2.45) is 0 Å². The van der Waals surface area contributed by atoms with Crippen molar-refractivity contribution in [2.45, 2.75) is 11.8 Å². The van der Waals surface area contributed by atoms with Crippen molar-refractivity contribution in [3.8, 4) is 51.0 Å². The lowest BCUT2D eigenvalue weighted by atomic mass is 9.67. The average Bonchev–Trinajstić information content (AvgIpc) is 4.05. The van der Waals surface area contributed by atoms with Gasteiger partial charge in [0.2, 0.25) is 0 Å². The molecule has 0 radical (unpaired) electrons. The third-order valence-electron chi connectivity index (χ3n) is 13.2. The molecular formula is C60H39N5O. The normalized spacial score (nSPS) is 14.1. The van der Waals surface area contributed by atoms with Crippen LogP contribution in [0.5, 0.6) is 0 Å². The van der Waals surface area contributed by atoms with E-state index in [4.69, 9.17) is 24.4 Å². The molecule has 0 atom stereocenters. The fraction of sp³-hybridized carbons (Fsp3) is 0.0333. The fourth-order valence-corrected chi connectivity index (χ4v) is 10.4. The second-order valence-electron chi connectivity index (χ2n) is 16.9. The van der Waals surface area contributed by atoms with Crippen LogP contribution < -0.4 is 0 Å². The van der Waals surface area contributed by atoms with Gasteiger partial charge in [-0.2, -0.15) is 0 Å². The molecule has 0 fully saturated rings. The van der Waals surface area contributed by atoms with Crippen LogP contribution in [0.15, 0.2) is 222 Å². The third-order valence-corrected chi connectivity index (χ3v) is 13.2. The topological polar surface area (TPSA) is 69.6 Å². The predicted molar refractivity (Wildman–Crippen MR) is 265 cm³/mol. The maximum absolute atomic E-state index is 6.62. The molecule has 0 unspecified atom stereocenters. The summed E-state index contributed by atoms with van der Waals surface area (Å²) in [5, 5.41) is 0.992. The lowest BCUT2D eigenvalue weighted by Crippen LogP contribution is -2.28. The minimum Gasteiger partial charge on any atom is -0.456 e. The minimum atomic E-state index is -0.562. The van der Waals surface area contributed by atoms with E-state index in [1.807, 2.05) is 42.5 Å². The molecule has 3 aromatic heterocycles. The highest BCUT2D eigenvalue weighted by molar-refractivity contribution is 5.99. The van der Waals surface area contributed by atoms with Gasteiger partial charge in [-0.3, -0.25) is 4.57 Å². The van der Waals surface area contributed by atoms with Gasteiger partial charge in [0.1, 0.15) is 17.2 Å². The van der Waals surface area contributed by atoms with Crippen molar-refractivity contribution in [1.29, 1.82) is 0 Å². The molecule has 3 heterocycles. The Bertz CT molecular complexity index is 3680. The van der Waals surface area contributed by atoms with E-state index in [0.29, 0.717) is 23.9 Å². The molecule has 2 aliphatic rings. The maximum Gasteiger partial charge on any atom is 0.164 e. The molecule has 310 valence electrons. The number of allylic oxidation sites excluding steroid dienone is 2. The van der Waals surface area contributed by atoms with Crippen molar-refractivity contribution in [3.05, 3.63) is 257 Å². The van der Waals surface area contributed by atoms with Crippen LogP contribution in [0.2, 0.25) is 0 Å². The Balaban J connectivity index is 1.00. The smallest absolute Gasteiger partial charge is 0.164 e. The summed E-state index contributed by atoms with van der Waals surface area (Å²) in [4.78, 5) is 21.2. The van der Waals surface area contributed by atoms with Gasteiger partial charge in [-0.15, -0.1) is 0 Å². The number of nitrogens with zero attached hydrogens (tertiary/aromatic N) is 5. The van der Waals surface area contributed by atoms with Crippen molar-refractivity contribution in [3.63, 3.8) is 0 Å². The van der Waals surface area contributed by atoms with Crippen LogP contribution in [0.25, 0.3) is 85.1 Å². The summed E-state index contributed by atoms with van der Waals surface area (Å²) in [5.74, 6) is 3.50. The Kier molecular flexibility index (Phi) is 8.71. The van der Waals surface area contributed by atoms with Gasteiger partial charge in [0.25, 0.3) is 0 Å². The van der Waals surface area contributed by atoms with Gasteiger partial charge in [0, 0.05) is 39.7 Å². The Morgan fingerprint density at radius 2 is 1.08 bits per heavy atom. The highest BCUT2D eigenvalue weighted by Crippen LogP contribution is 2.58. The predicted octanol–water partition coefficient (Wildman–Crippen LogP) is 14.0. The van der Waals surface area contributed by atoms with Gasteiger partial charge in [-0.25, -0.2) is 19.9 Å². The second-order valence-corrected chi connectivity index (χ2v) is 16.9. The van der Waals surface area contributed by atoms with Crippen molar-refractivity contribution < 1.29 is 4.42 Å². The zero-order valence-corrected chi connectivity index (χ0v) is 35.7. The van der Waals surface area contributed by atoms with Gasteiger partial charge >= 0.3 is 0 Å². The molecule has 2 aliphatic carbocycles.